The number of hydrogen-bond acceptors (Lipinski definition) is 4. The largest absolute Gasteiger partial charge is 0.397 e. The Balaban J connectivity index is 2.72. The highest BCUT2D eigenvalue weighted by Gasteiger charge is 2.20. The second kappa shape index (κ2) is 7.33. The van der Waals surface area contributed by atoms with Gasteiger partial charge in [0.2, 0.25) is 5.91 Å². The van der Waals surface area contributed by atoms with Gasteiger partial charge in [-0.05, 0) is 25.5 Å². The number of halogens is 2. The van der Waals surface area contributed by atoms with Crippen LogP contribution in [-0.2, 0) is 14.6 Å². The molecule has 1 unspecified atom stereocenters. The number of rotatable bonds is 6. The molecule has 0 aliphatic carbocycles. The molecule has 118 valence electrons. The van der Waals surface area contributed by atoms with Crippen LogP contribution in [0.25, 0.3) is 0 Å². The minimum atomic E-state index is -3.27. The first kappa shape index (κ1) is 18.1. The van der Waals surface area contributed by atoms with Gasteiger partial charge in [0.05, 0.1) is 27.4 Å². The van der Waals surface area contributed by atoms with Gasteiger partial charge in [0.15, 0.2) is 9.84 Å². The molecule has 0 saturated heterocycles. The van der Waals surface area contributed by atoms with E-state index in [1.807, 2.05) is 0 Å². The minimum absolute atomic E-state index is 0.148. The highest BCUT2D eigenvalue weighted by Crippen LogP contribution is 2.32. The maximum atomic E-state index is 11.8. The molecule has 0 saturated carbocycles. The Bertz CT molecular complexity index is 609. The van der Waals surface area contributed by atoms with Crippen molar-refractivity contribution in [2.75, 3.05) is 16.8 Å². The third-order valence-electron chi connectivity index (χ3n) is 3.15. The summed E-state index contributed by atoms with van der Waals surface area (Å²) < 4.78 is 23.7. The summed E-state index contributed by atoms with van der Waals surface area (Å²) in [4.78, 5) is 11.8. The van der Waals surface area contributed by atoms with E-state index in [1.54, 1.807) is 13.8 Å². The van der Waals surface area contributed by atoms with Crippen LogP contribution in [0.15, 0.2) is 12.1 Å². The van der Waals surface area contributed by atoms with Gasteiger partial charge in [0.1, 0.15) is 0 Å². The van der Waals surface area contributed by atoms with Gasteiger partial charge in [-0.15, -0.1) is 0 Å². The monoisotopic (exact) mass is 352 g/mol. The summed E-state index contributed by atoms with van der Waals surface area (Å²) in [7, 11) is -3.27. The molecule has 21 heavy (non-hydrogen) atoms. The summed E-state index contributed by atoms with van der Waals surface area (Å²) in [6.45, 7) is 3.41. The predicted molar refractivity (Wildman–Crippen MR) is 87.7 cm³/mol. The highest BCUT2D eigenvalue weighted by molar-refractivity contribution is 7.92. The summed E-state index contributed by atoms with van der Waals surface area (Å²) in [5, 5.41) is 2.62. The highest BCUT2D eigenvalue weighted by atomic mass is 35.5. The quantitative estimate of drug-likeness (QED) is 0.769. The molecule has 0 heterocycles. The van der Waals surface area contributed by atoms with Gasteiger partial charge in [0.25, 0.3) is 0 Å². The standard InChI is InChI=1S/C13H18Cl2N2O3S/c1-3-8(2)21(19,20)5-4-12(18)17-13-10(15)6-9(14)7-11(13)16/h6-8H,3-5,16H2,1-2H3,(H,17,18). The van der Waals surface area contributed by atoms with Crippen LogP contribution in [0, 0.1) is 0 Å². The van der Waals surface area contributed by atoms with E-state index >= 15 is 0 Å². The van der Waals surface area contributed by atoms with Gasteiger partial charge in [0, 0.05) is 11.4 Å². The van der Waals surface area contributed by atoms with Crippen LogP contribution in [0.5, 0.6) is 0 Å². The lowest BCUT2D eigenvalue weighted by Crippen LogP contribution is -2.24. The van der Waals surface area contributed by atoms with E-state index in [2.05, 4.69) is 5.32 Å². The summed E-state index contributed by atoms with van der Waals surface area (Å²) in [6.07, 6.45) is 0.366. The predicted octanol–water partition coefficient (Wildman–Crippen LogP) is 3.12. The van der Waals surface area contributed by atoms with E-state index in [0.29, 0.717) is 11.4 Å². The van der Waals surface area contributed by atoms with Crippen LogP contribution < -0.4 is 11.1 Å². The molecule has 0 spiro atoms. The smallest absolute Gasteiger partial charge is 0.225 e. The zero-order chi connectivity index (χ0) is 16.2. The average Bonchev–Trinajstić information content (AvgIpc) is 2.39. The Hall–Kier alpha value is -0.980. The average molecular weight is 353 g/mol. The van der Waals surface area contributed by atoms with Gasteiger partial charge in [-0.3, -0.25) is 4.79 Å². The number of nitrogens with two attached hydrogens (primary N) is 1. The first-order valence-corrected chi connectivity index (χ1v) is 8.90. The molecule has 1 aromatic rings. The second-order valence-corrected chi connectivity index (χ2v) is 8.12. The van der Waals surface area contributed by atoms with Crippen molar-refractivity contribution < 1.29 is 13.2 Å². The van der Waals surface area contributed by atoms with Crippen molar-refractivity contribution in [2.24, 2.45) is 0 Å². The molecule has 0 aliphatic heterocycles. The van der Waals surface area contributed by atoms with Crippen LogP contribution in [0.3, 0.4) is 0 Å². The van der Waals surface area contributed by atoms with Crippen LogP contribution in [-0.4, -0.2) is 25.3 Å². The number of carbonyl (C=O) groups excluding carboxylic acids is 1. The van der Waals surface area contributed by atoms with Crippen molar-refractivity contribution in [3.63, 3.8) is 0 Å². The van der Waals surface area contributed by atoms with E-state index in [-0.39, 0.29) is 28.6 Å². The second-order valence-electron chi connectivity index (χ2n) is 4.74. The lowest BCUT2D eigenvalue weighted by Gasteiger charge is -2.12. The lowest BCUT2D eigenvalue weighted by atomic mass is 10.2. The molecule has 1 amide bonds. The van der Waals surface area contributed by atoms with Gasteiger partial charge in [-0.25, -0.2) is 8.42 Å². The molecular formula is C13H18Cl2N2O3S. The summed E-state index contributed by atoms with van der Waals surface area (Å²) in [6, 6.07) is 2.91. The van der Waals surface area contributed by atoms with Gasteiger partial charge < -0.3 is 11.1 Å². The van der Waals surface area contributed by atoms with Crippen LogP contribution in [0.1, 0.15) is 26.7 Å². The van der Waals surface area contributed by atoms with Crippen molar-refractivity contribution in [3.05, 3.63) is 22.2 Å². The van der Waals surface area contributed by atoms with Crippen molar-refractivity contribution in [2.45, 2.75) is 31.9 Å². The fourth-order valence-corrected chi connectivity index (χ4v) is 3.55. The number of hydrogen-bond donors (Lipinski definition) is 2. The molecular weight excluding hydrogens is 335 g/mol. The number of nitrogen functional groups attached to an aromatic ring is 1. The fourth-order valence-electron chi connectivity index (χ4n) is 1.62. The molecule has 0 fully saturated rings. The number of anilines is 2. The molecule has 3 N–H and O–H groups in total. The Kier molecular flexibility index (Phi) is 6.31. The van der Waals surface area contributed by atoms with Crippen LogP contribution >= 0.6 is 23.2 Å². The Morgan fingerprint density at radius 3 is 2.52 bits per heavy atom. The van der Waals surface area contributed by atoms with Crippen molar-refractivity contribution in [1.82, 2.24) is 0 Å². The molecule has 0 aliphatic rings. The Labute approximate surface area is 134 Å². The normalized spacial score (nSPS) is 13.0. The molecule has 5 nitrogen and oxygen atoms in total. The zero-order valence-electron chi connectivity index (χ0n) is 11.8. The van der Waals surface area contributed by atoms with E-state index in [1.165, 1.54) is 12.1 Å². The maximum Gasteiger partial charge on any atom is 0.225 e. The molecule has 8 heteroatoms. The van der Waals surface area contributed by atoms with Crippen molar-refractivity contribution in [1.29, 1.82) is 0 Å². The summed E-state index contributed by atoms with van der Waals surface area (Å²) in [5.74, 6) is -0.670. The van der Waals surface area contributed by atoms with Crippen LogP contribution in [0.2, 0.25) is 10.0 Å². The number of benzene rings is 1. The van der Waals surface area contributed by atoms with Gasteiger partial charge in [-0.1, -0.05) is 30.1 Å². The van der Waals surface area contributed by atoms with E-state index in [0.717, 1.165) is 0 Å². The number of carbonyl (C=O) groups is 1. The summed E-state index contributed by atoms with van der Waals surface area (Å²) >= 11 is 11.7. The summed E-state index contributed by atoms with van der Waals surface area (Å²) in [5.41, 5.74) is 6.19. The van der Waals surface area contributed by atoms with Crippen LogP contribution in [0.4, 0.5) is 11.4 Å². The fraction of sp³-hybridized carbons (Fsp3) is 0.462. The zero-order valence-corrected chi connectivity index (χ0v) is 14.1. The van der Waals surface area contributed by atoms with Gasteiger partial charge >= 0.3 is 0 Å². The lowest BCUT2D eigenvalue weighted by molar-refractivity contribution is -0.115. The van der Waals surface area contributed by atoms with E-state index < -0.39 is 21.0 Å². The molecule has 0 aromatic heterocycles. The van der Waals surface area contributed by atoms with Gasteiger partial charge in [-0.2, -0.15) is 0 Å². The van der Waals surface area contributed by atoms with E-state index in [9.17, 15) is 13.2 Å². The topological polar surface area (TPSA) is 89.3 Å². The third-order valence-corrected chi connectivity index (χ3v) is 6.00. The molecule has 1 rings (SSSR count). The minimum Gasteiger partial charge on any atom is -0.397 e. The first-order chi connectivity index (χ1) is 9.67. The first-order valence-electron chi connectivity index (χ1n) is 6.43. The number of amides is 1. The van der Waals surface area contributed by atoms with Crippen molar-refractivity contribution >= 4 is 50.3 Å². The van der Waals surface area contributed by atoms with E-state index in [4.69, 9.17) is 28.9 Å². The number of sulfone groups is 1. The van der Waals surface area contributed by atoms with Crippen molar-refractivity contribution in [3.8, 4) is 0 Å². The molecule has 0 bridgehead atoms. The molecule has 1 atom stereocenters. The molecule has 0 radical (unpaired) electrons. The third kappa shape index (κ3) is 5.05. The molecule has 1 aromatic carbocycles. The number of nitrogens with one attached hydrogen (secondary N) is 1. The maximum absolute atomic E-state index is 11.8. The Morgan fingerprint density at radius 2 is 2.00 bits per heavy atom. The SMILES string of the molecule is CCC(C)S(=O)(=O)CCC(=O)Nc1c(N)cc(Cl)cc1Cl. The Morgan fingerprint density at radius 1 is 1.38 bits per heavy atom.